The van der Waals surface area contributed by atoms with E-state index < -0.39 is 6.10 Å². The van der Waals surface area contributed by atoms with Crippen molar-refractivity contribution in [3.8, 4) is 5.75 Å². The van der Waals surface area contributed by atoms with E-state index in [1.54, 1.807) is 19.1 Å². The minimum Gasteiger partial charge on any atom is -0.493 e. The minimum absolute atomic E-state index is 0.259. The molecule has 2 nitrogen and oxygen atoms in total. The highest BCUT2D eigenvalue weighted by atomic mass is 19.1. The molecule has 0 saturated heterocycles. The first-order valence-corrected chi connectivity index (χ1v) is 6.35. The van der Waals surface area contributed by atoms with Crippen molar-refractivity contribution in [1.29, 1.82) is 0 Å². The number of aliphatic hydroxyl groups excluding tert-OH is 1. The average molecular weight is 258 g/mol. The maximum absolute atomic E-state index is 13.3. The molecule has 0 bridgehead atoms. The van der Waals surface area contributed by atoms with Gasteiger partial charge in [0, 0.05) is 12.0 Å². The Morgan fingerprint density at radius 1 is 1.26 bits per heavy atom. The Kier molecular flexibility index (Phi) is 2.99. The summed E-state index contributed by atoms with van der Waals surface area (Å²) in [6, 6.07) is 10.5. The number of aryl methyl sites for hydroxylation is 1. The number of fused-ring (bicyclic) bond motifs is 1. The molecule has 19 heavy (non-hydrogen) atoms. The number of hydrogen-bond acceptors (Lipinski definition) is 2. The fourth-order valence-corrected chi connectivity index (χ4v) is 2.47. The zero-order valence-electron chi connectivity index (χ0n) is 10.7. The van der Waals surface area contributed by atoms with Gasteiger partial charge in [0.25, 0.3) is 0 Å². The maximum Gasteiger partial charge on any atom is 0.128 e. The lowest BCUT2D eigenvalue weighted by atomic mass is 9.97. The Bertz CT molecular complexity index is 622. The second kappa shape index (κ2) is 4.67. The van der Waals surface area contributed by atoms with Crippen LogP contribution in [-0.4, -0.2) is 11.7 Å². The van der Waals surface area contributed by atoms with Crippen LogP contribution in [0.25, 0.3) is 0 Å². The summed E-state index contributed by atoms with van der Waals surface area (Å²) >= 11 is 0. The highest BCUT2D eigenvalue weighted by Gasteiger charge is 2.22. The largest absolute Gasteiger partial charge is 0.493 e. The SMILES string of the molecule is Cc1cc(C(O)c2cccc3c2OCC3)ccc1F. The molecule has 0 amide bonds. The normalized spacial score (nSPS) is 14.9. The first-order chi connectivity index (χ1) is 9.16. The number of hydrogen-bond donors (Lipinski definition) is 1. The predicted octanol–water partition coefficient (Wildman–Crippen LogP) is 3.15. The van der Waals surface area contributed by atoms with E-state index in [1.807, 2.05) is 18.2 Å². The van der Waals surface area contributed by atoms with Crippen molar-refractivity contribution in [1.82, 2.24) is 0 Å². The van der Waals surface area contributed by atoms with Crippen LogP contribution in [0, 0.1) is 12.7 Å². The number of benzene rings is 2. The van der Waals surface area contributed by atoms with Crippen LogP contribution < -0.4 is 4.74 Å². The monoisotopic (exact) mass is 258 g/mol. The zero-order chi connectivity index (χ0) is 13.4. The second-order valence-corrected chi connectivity index (χ2v) is 4.85. The van der Waals surface area contributed by atoms with Crippen molar-refractivity contribution in [2.45, 2.75) is 19.4 Å². The van der Waals surface area contributed by atoms with Crippen LogP contribution in [0.2, 0.25) is 0 Å². The van der Waals surface area contributed by atoms with Crippen LogP contribution in [0.4, 0.5) is 4.39 Å². The van der Waals surface area contributed by atoms with E-state index in [9.17, 15) is 9.50 Å². The predicted molar refractivity (Wildman–Crippen MR) is 70.8 cm³/mol. The van der Waals surface area contributed by atoms with Crippen LogP contribution in [0.5, 0.6) is 5.75 Å². The van der Waals surface area contributed by atoms with Crippen LogP contribution in [0.1, 0.15) is 28.4 Å². The van der Waals surface area contributed by atoms with Gasteiger partial charge >= 0.3 is 0 Å². The highest BCUT2D eigenvalue weighted by Crippen LogP contribution is 2.36. The fourth-order valence-electron chi connectivity index (χ4n) is 2.47. The lowest BCUT2D eigenvalue weighted by molar-refractivity contribution is 0.213. The van der Waals surface area contributed by atoms with E-state index >= 15 is 0 Å². The molecular formula is C16H15FO2. The van der Waals surface area contributed by atoms with Crippen LogP contribution in [-0.2, 0) is 6.42 Å². The molecule has 2 aromatic carbocycles. The maximum atomic E-state index is 13.3. The molecule has 0 spiro atoms. The molecule has 0 fully saturated rings. The van der Waals surface area contributed by atoms with Gasteiger partial charge in [-0.3, -0.25) is 0 Å². The summed E-state index contributed by atoms with van der Waals surface area (Å²) in [6.45, 7) is 2.35. The minimum atomic E-state index is -0.785. The van der Waals surface area contributed by atoms with Crippen LogP contribution >= 0.6 is 0 Å². The summed E-state index contributed by atoms with van der Waals surface area (Å²) in [5.41, 5.74) is 3.09. The Morgan fingerprint density at radius 2 is 2.11 bits per heavy atom. The highest BCUT2D eigenvalue weighted by molar-refractivity contribution is 5.48. The van der Waals surface area contributed by atoms with Gasteiger partial charge in [-0.05, 0) is 29.7 Å². The molecule has 0 aromatic heterocycles. The molecule has 0 aliphatic carbocycles. The van der Waals surface area contributed by atoms with Crippen molar-refractivity contribution in [2.75, 3.05) is 6.61 Å². The standard InChI is InChI=1S/C16H15FO2/c1-10-9-12(5-6-14(10)17)15(18)13-4-2-3-11-7-8-19-16(11)13/h2-6,9,15,18H,7-8H2,1H3. The molecule has 3 heteroatoms. The van der Waals surface area contributed by atoms with E-state index in [0.717, 1.165) is 23.3 Å². The van der Waals surface area contributed by atoms with Crippen LogP contribution in [0.15, 0.2) is 36.4 Å². The molecule has 3 rings (SSSR count). The van der Waals surface area contributed by atoms with Gasteiger partial charge in [-0.25, -0.2) is 4.39 Å². The molecule has 1 heterocycles. The summed E-state index contributed by atoms with van der Waals surface area (Å²) in [5.74, 6) is 0.516. The lowest BCUT2D eigenvalue weighted by Crippen LogP contribution is -2.03. The van der Waals surface area contributed by atoms with E-state index in [2.05, 4.69) is 0 Å². The van der Waals surface area contributed by atoms with E-state index in [-0.39, 0.29) is 5.82 Å². The summed E-state index contributed by atoms with van der Waals surface area (Å²) in [6.07, 6.45) is 0.0885. The van der Waals surface area contributed by atoms with Gasteiger partial charge in [0.15, 0.2) is 0 Å². The van der Waals surface area contributed by atoms with E-state index in [0.29, 0.717) is 17.7 Å². The molecule has 0 saturated carbocycles. The summed E-state index contributed by atoms with van der Waals surface area (Å²) in [7, 11) is 0. The quantitative estimate of drug-likeness (QED) is 0.896. The van der Waals surface area contributed by atoms with E-state index in [4.69, 9.17) is 4.74 Å². The first kappa shape index (κ1) is 12.2. The van der Waals surface area contributed by atoms with Crippen molar-refractivity contribution in [2.24, 2.45) is 0 Å². The van der Waals surface area contributed by atoms with Crippen molar-refractivity contribution in [3.63, 3.8) is 0 Å². The third-order valence-corrected chi connectivity index (χ3v) is 3.54. The van der Waals surface area contributed by atoms with Gasteiger partial charge in [0.05, 0.1) is 6.61 Å². The van der Waals surface area contributed by atoms with Crippen molar-refractivity contribution < 1.29 is 14.2 Å². The Labute approximate surface area is 111 Å². The molecular weight excluding hydrogens is 243 g/mol. The molecule has 2 aromatic rings. The number of para-hydroxylation sites is 1. The number of halogens is 1. The van der Waals surface area contributed by atoms with Gasteiger partial charge in [-0.15, -0.1) is 0 Å². The molecule has 1 aliphatic rings. The third kappa shape index (κ3) is 2.10. The number of rotatable bonds is 2. The Hall–Kier alpha value is -1.87. The molecule has 1 unspecified atom stereocenters. The fraction of sp³-hybridized carbons (Fsp3) is 0.250. The van der Waals surface area contributed by atoms with Gasteiger partial charge < -0.3 is 9.84 Å². The number of ether oxygens (including phenoxy) is 1. The molecule has 1 N–H and O–H groups in total. The average Bonchev–Trinajstić information content (AvgIpc) is 2.89. The Morgan fingerprint density at radius 3 is 2.89 bits per heavy atom. The lowest BCUT2D eigenvalue weighted by Gasteiger charge is -2.15. The number of aliphatic hydroxyl groups is 1. The molecule has 1 atom stereocenters. The van der Waals surface area contributed by atoms with Gasteiger partial charge in [0.1, 0.15) is 17.7 Å². The Balaban J connectivity index is 2.02. The second-order valence-electron chi connectivity index (χ2n) is 4.85. The van der Waals surface area contributed by atoms with Gasteiger partial charge in [-0.2, -0.15) is 0 Å². The smallest absolute Gasteiger partial charge is 0.128 e. The summed E-state index contributed by atoms with van der Waals surface area (Å²) < 4.78 is 18.9. The summed E-state index contributed by atoms with van der Waals surface area (Å²) in [4.78, 5) is 0. The third-order valence-electron chi connectivity index (χ3n) is 3.54. The molecule has 98 valence electrons. The van der Waals surface area contributed by atoms with Gasteiger partial charge in [0.2, 0.25) is 0 Å². The van der Waals surface area contributed by atoms with Crippen molar-refractivity contribution in [3.05, 3.63) is 64.5 Å². The first-order valence-electron chi connectivity index (χ1n) is 6.35. The summed E-state index contributed by atoms with van der Waals surface area (Å²) in [5, 5.41) is 10.5. The van der Waals surface area contributed by atoms with E-state index in [1.165, 1.54) is 6.07 Å². The van der Waals surface area contributed by atoms with Gasteiger partial charge in [-0.1, -0.05) is 30.3 Å². The molecule has 1 aliphatic heterocycles. The zero-order valence-corrected chi connectivity index (χ0v) is 10.7. The van der Waals surface area contributed by atoms with Crippen molar-refractivity contribution >= 4 is 0 Å². The van der Waals surface area contributed by atoms with Crippen LogP contribution in [0.3, 0.4) is 0 Å². The topological polar surface area (TPSA) is 29.5 Å². The molecule has 0 radical (unpaired) electrons.